The van der Waals surface area contributed by atoms with E-state index >= 15 is 0 Å². The van der Waals surface area contributed by atoms with Crippen LogP contribution in [0.25, 0.3) is 0 Å². The molecule has 0 bridgehead atoms. The van der Waals surface area contributed by atoms with Gasteiger partial charge in [0.05, 0.1) is 7.11 Å². The van der Waals surface area contributed by atoms with Gasteiger partial charge in [-0.25, -0.2) is 4.79 Å². The Kier molecular flexibility index (Phi) is 5.80. The second-order valence-electron chi connectivity index (χ2n) is 6.30. The largest absolute Gasteiger partial charge is 0.468 e. The number of likely N-dealkylation sites (tertiary alicyclic amines) is 1. The molecule has 116 valence electrons. The molecule has 1 fully saturated rings. The van der Waals surface area contributed by atoms with Gasteiger partial charge in [0.15, 0.2) is 0 Å². The number of amides is 1. The number of methoxy groups -OCH3 is 1. The first-order valence-electron chi connectivity index (χ1n) is 7.04. The van der Waals surface area contributed by atoms with Gasteiger partial charge in [-0.05, 0) is 46.0 Å². The highest BCUT2D eigenvalue weighted by Crippen LogP contribution is 2.22. The zero-order chi connectivity index (χ0) is 15.3. The number of rotatable bonds is 3. The predicted octanol–water partition coefficient (Wildman–Crippen LogP) is 1.52. The molecule has 2 N–H and O–H groups in total. The smallest absolute Gasteiger partial charge is 0.410 e. The summed E-state index contributed by atoms with van der Waals surface area (Å²) in [4.78, 5) is 25.0. The molecule has 1 aliphatic rings. The van der Waals surface area contributed by atoms with E-state index in [0.29, 0.717) is 19.5 Å². The van der Waals surface area contributed by atoms with Crippen LogP contribution in [-0.4, -0.2) is 48.8 Å². The zero-order valence-corrected chi connectivity index (χ0v) is 12.8. The van der Waals surface area contributed by atoms with Crippen molar-refractivity contribution in [2.24, 2.45) is 11.7 Å². The minimum atomic E-state index is -0.622. The van der Waals surface area contributed by atoms with Gasteiger partial charge in [-0.3, -0.25) is 4.79 Å². The summed E-state index contributed by atoms with van der Waals surface area (Å²) in [7, 11) is 1.33. The number of nitrogens with two attached hydrogens (primary N) is 1. The molecule has 6 nitrogen and oxygen atoms in total. The zero-order valence-electron chi connectivity index (χ0n) is 12.8. The summed E-state index contributed by atoms with van der Waals surface area (Å²) in [6.45, 7) is 6.82. The molecule has 0 unspecified atom stereocenters. The third-order valence-corrected chi connectivity index (χ3v) is 3.26. The van der Waals surface area contributed by atoms with E-state index in [1.54, 1.807) is 4.90 Å². The van der Waals surface area contributed by atoms with Gasteiger partial charge < -0.3 is 20.1 Å². The lowest BCUT2D eigenvalue weighted by atomic mass is 9.92. The van der Waals surface area contributed by atoms with E-state index in [2.05, 4.69) is 4.74 Å². The molecule has 1 aliphatic heterocycles. The lowest BCUT2D eigenvalue weighted by Crippen LogP contribution is -2.45. The van der Waals surface area contributed by atoms with Crippen molar-refractivity contribution in [3.63, 3.8) is 0 Å². The van der Waals surface area contributed by atoms with Crippen LogP contribution in [0.5, 0.6) is 0 Å². The third-order valence-electron chi connectivity index (χ3n) is 3.26. The first-order chi connectivity index (χ1) is 9.23. The van der Waals surface area contributed by atoms with Crippen LogP contribution in [0.3, 0.4) is 0 Å². The van der Waals surface area contributed by atoms with Crippen LogP contribution in [-0.2, 0) is 14.3 Å². The Morgan fingerprint density at radius 1 is 1.40 bits per heavy atom. The lowest BCUT2D eigenvalue weighted by Gasteiger charge is -2.34. The van der Waals surface area contributed by atoms with Crippen LogP contribution >= 0.6 is 0 Å². The molecule has 20 heavy (non-hydrogen) atoms. The summed E-state index contributed by atoms with van der Waals surface area (Å²) in [6, 6.07) is -0.622. The number of hydrogen-bond acceptors (Lipinski definition) is 5. The Hall–Kier alpha value is -1.30. The quantitative estimate of drug-likeness (QED) is 0.795. The Morgan fingerprint density at radius 2 is 2.05 bits per heavy atom. The Bertz CT molecular complexity index is 352. The van der Waals surface area contributed by atoms with Gasteiger partial charge in [0.1, 0.15) is 11.6 Å². The molecule has 0 aromatic carbocycles. The van der Waals surface area contributed by atoms with Crippen molar-refractivity contribution in [2.45, 2.75) is 51.7 Å². The number of hydrogen-bond donors (Lipinski definition) is 1. The summed E-state index contributed by atoms with van der Waals surface area (Å²) in [6.07, 6.45) is 2.10. The maximum Gasteiger partial charge on any atom is 0.410 e. The van der Waals surface area contributed by atoms with E-state index in [1.165, 1.54) is 7.11 Å². The predicted molar refractivity (Wildman–Crippen MR) is 75.1 cm³/mol. The average Bonchev–Trinajstić information content (AvgIpc) is 2.36. The molecule has 0 radical (unpaired) electrons. The van der Waals surface area contributed by atoms with Crippen molar-refractivity contribution in [3.05, 3.63) is 0 Å². The van der Waals surface area contributed by atoms with E-state index < -0.39 is 17.6 Å². The van der Waals surface area contributed by atoms with Gasteiger partial charge in [-0.15, -0.1) is 0 Å². The van der Waals surface area contributed by atoms with E-state index in [9.17, 15) is 9.59 Å². The SMILES string of the molecule is COC(=O)[C@@H](N)C[C@H]1CCCN(C(=O)OC(C)(C)C)C1. The molecule has 0 saturated carbocycles. The molecular weight excluding hydrogens is 260 g/mol. The highest BCUT2D eigenvalue weighted by molar-refractivity contribution is 5.75. The van der Waals surface area contributed by atoms with Gasteiger partial charge in [-0.1, -0.05) is 0 Å². The van der Waals surface area contributed by atoms with Gasteiger partial charge in [0.25, 0.3) is 0 Å². The standard InChI is InChI=1S/C14H26N2O4/c1-14(2,3)20-13(18)16-7-5-6-10(9-16)8-11(15)12(17)19-4/h10-11H,5-9,15H2,1-4H3/t10-,11+/m1/s1. The monoisotopic (exact) mass is 286 g/mol. The van der Waals surface area contributed by atoms with Crippen molar-refractivity contribution in [2.75, 3.05) is 20.2 Å². The fraction of sp³-hybridized carbons (Fsp3) is 0.857. The molecule has 0 aliphatic carbocycles. The fourth-order valence-electron chi connectivity index (χ4n) is 2.36. The number of carbonyl (C=O) groups is 2. The first kappa shape index (κ1) is 16.8. The van der Waals surface area contributed by atoms with Crippen molar-refractivity contribution in [1.29, 1.82) is 0 Å². The minimum absolute atomic E-state index is 0.213. The number of ether oxygens (including phenoxy) is 2. The van der Waals surface area contributed by atoms with E-state index in [-0.39, 0.29) is 12.0 Å². The highest BCUT2D eigenvalue weighted by atomic mass is 16.6. The summed E-state index contributed by atoms with van der Waals surface area (Å²) < 4.78 is 9.99. The van der Waals surface area contributed by atoms with Gasteiger partial charge in [0.2, 0.25) is 0 Å². The molecule has 1 amide bonds. The maximum absolute atomic E-state index is 12.0. The topological polar surface area (TPSA) is 81.9 Å². The Labute approximate surface area is 120 Å². The number of carbonyl (C=O) groups excluding carboxylic acids is 2. The van der Waals surface area contributed by atoms with Crippen molar-refractivity contribution in [1.82, 2.24) is 4.90 Å². The molecule has 6 heteroatoms. The van der Waals surface area contributed by atoms with Crippen molar-refractivity contribution < 1.29 is 19.1 Å². The fourth-order valence-corrected chi connectivity index (χ4v) is 2.36. The van der Waals surface area contributed by atoms with Crippen LogP contribution in [0, 0.1) is 5.92 Å². The molecule has 0 aromatic rings. The van der Waals surface area contributed by atoms with Gasteiger partial charge in [0, 0.05) is 13.1 Å². The molecule has 0 spiro atoms. The summed E-state index contributed by atoms with van der Waals surface area (Å²) in [5.74, 6) is -0.190. The number of piperidine rings is 1. The van der Waals surface area contributed by atoms with Crippen LogP contribution < -0.4 is 5.73 Å². The van der Waals surface area contributed by atoms with Crippen molar-refractivity contribution >= 4 is 12.1 Å². The van der Waals surface area contributed by atoms with Gasteiger partial charge in [-0.2, -0.15) is 0 Å². The van der Waals surface area contributed by atoms with E-state index in [4.69, 9.17) is 10.5 Å². The molecule has 2 atom stereocenters. The second kappa shape index (κ2) is 6.92. The highest BCUT2D eigenvalue weighted by Gasteiger charge is 2.29. The molecule has 1 rings (SSSR count). The summed E-state index contributed by atoms with van der Waals surface area (Å²) in [5.41, 5.74) is 5.28. The van der Waals surface area contributed by atoms with Crippen LogP contribution in [0.15, 0.2) is 0 Å². The normalized spacial score (nSPS) is 21.2. The van der Waals surface area contributed by atoms with E-state index in [0.717, 1.165) is 12.8 Å². The van der Waals surface area contributed by atoms with Crippen molar-refractivity contribution in [3.8, 4) is 0 Å². The van der Waals surface area contributed by atoms with Crippen LogP contribution in [0.1, 0.15) is 40.0 Å². The molecule has 0 aromatic heterocycles. The van der Waals surface area contributed by atoms with Crippen LogP contribution in [0.4, 0.5) is 4.79 Å². The molecule has 1 heterocycles. The number of esters is 1. The first-order valence-corrected chi connectivity index (χ1v) is 7.04. The van der Waals surface area contributed by atoms with Crippen LogP contribution in [0.2, 0.25) is 0 Å². The molecular formula is C14H26N2O4. The average molecular weight is 286 g/mol. The van der Waals surface area contributed by atoms with Gasteiger partial charge >= 0.3 is 12.1 Å². The summed E-state index contributed by atoms with van der Waals surface area (Å²) in [5, 5.41) is 0. The Morgan fingerprint density at radius 3 is 2.60 bits per heavy atom. The molecule has 1 saturated heterocycles. The number of nitrogens with zero attached hydrogens (tertiary/aromatic N) is 1. The van der Waals surface area contributed by atoms with E-state index in [1.807, 2.05) is 20.8 Å². The lowest BCUT2D eigenvalue weighted by molar-refractivity contribution is -0.142. The summed E-state index contributed by atoms with van der Waals surface area (Å²) >= 11 is 0. The second-order valence-corrected chi connectivity index (χ2v) is 6.30. The Balaban J connectivity index is 2.50. The maximum atomic E-state index is 12.0. The minimum Gasteiger partial charge on any atom is -0.468 e. The third kappa shape index (κ3) is 5.36.